The Morgan fingerprint density at radius 2 is 0.597 bits per heavy atom. The first-order valence-corrected chi connectivity index (χ1v) is 24.8. The number of hydrogen-bond acceptors (Lipinski definition) is 2. The van der Waals surface area contributed by atoms with Gasteiger partial charge in [-0.05, 0) is 195 Å². The zero-order chi connectivity index (χ0) is 44.3. The van der Waals surface area contributed by atoms with Crippen LogP contribution in [0.25, 0.3) is 44.5 Å². The number of benzene rings is 9. The van der Waals surface area contributed by atoms with Gasteiger partial charge in [0, 0.05) is 34.1 Å². The second-order valence-electron chi connectivity index (χ2n) is 19.3. The molecule has 0 fully saturated rings. The Labute approximate surface area is 396 Å². The molecule has 0 aromatic heterocycles. The van der Waals surface area contributed by atoms with Crippen molar-refractivity contribution in [3.8, 4) is 44.5 Å². The number of rotatable bonds is 6. The SMILES string of the molecule is c1ccc(-c2cc(-c3ccccc3)cc(N3c4cc5c(cc4B4c6cc7c(cc6N(c6cc(-c8ccccc8)cc(-c8ccccc8)c6)c6cccc3c64)CCCCC7)CCCCC5)c2)cc1. The zero-order valence-electron chi connectivity index (χ0n) is 38.1. The number of hydrogen-bond donors (Lipinski definition) is 0. The summed E-state index contributed by atoms with van der Waals surface area (Å²) in [5.74, 6) is 0. The Balaban J connectivity index is 1.11. The van der Waals surface area contributed by atoms with E-state index >= 15 is 0 Å². The molecule has 9 aromatic rings. The average Bonchev–Trinajstić information content (AvgIpc) is 3.78. The summed E-state index contributed by atoms with van der Waals surface area (Å²) in [5, 5.41) is 0. The van der Waals surface area contributed by atoms with Gasteiger partial charge in [-0.15, -0.1) is 0 Å². The number of fused-ring (bicyclic) bond motifs is 6. The highest BCUT2D eigenvalue weighted by atomic mass is 15.2. The van der Waals surface area contributed by atoms with Crippen LogP contribution in [0.2, 0.25) is 0 Å². The summed E-state index contributed by atoms with van der Waals surface area (Å²) in [6, 6.07) is 76.1. The van der Waals surface area contributed by atoms with Gasteiger partial charge in [0.1, 0.15) is 0 Å². The zero-order valence-corrected chi connectivity index (χ0v) is 38.1. The van der Waals surface area contributed by atoms with Crippen LogP contribution in [0.3, 0.4) is 0 Å². The van der Waals surface area contributed by atoms with E-state index in [-0.39, 0.29) is 6.71 Å². The van der Waals surface area contributed by atoms with E-state index < -0.39 is 0 Å². The monoisotopic (exact) mass is 860 g/mol. The van der Waals surface area contributed by atoms with Crippen LogP contribution in [-0.2, 0) is 25.7 Å². The third kappa shape index (κ3) is 7.11. The lowest BCUT2D eigenvalue weighted by Gasteiger charge is -2.45. The molecule has 2 aliphatic heterocycles. The van der Waals surface area contributed by atoms with Gasteiger partial charge in [-0.25, -0.2) is 0 Å². The molecule has 0 saturated carbocycles. The molecule has 4 aliphatic rings. The predicted molar refractivity (Wildman–Crippen MR) is 285 cm³/mol. The smallest absolute Gasteiger partial charge is 0.252 e. The van der Waals surface area contributed by atoms with Crippen molar-refractivity contribution in [1.29, 1.82) is 0 Å². The van der Waals surface area contributed by atoms with Crippen molar-refractivity contribution in [2.75, 3.05) is 9.80 Å². The molecule has 13 rings (SSSR count). The van der Waals surface area contributed by atoms with Crippen LogP contribution in [-0.4, -0.2) is 6.71 Å². The highest BCUT2D eigenvalue weighted by Crippen LogP contribution is 2.48. The first-order valence-electron chi connectivity index (χ1n) is 24.8. The topological polar surface area (TPSA) is 6.48 Å². The maximum Gasteiger partial charge on any atom is 0.252 e. The Kier molecular flexibility index (Phi) is 10.0. The van der Waals surface area contributed by atoms with Gasteiger partial charge in [0.2, 0.25) is 0 Å². The Bertz CT molecular complexity index is 2970. The number of aryl methyl sites for hydroxylation is 4. The van der Waals surface area contributed by atoms with Crippen LogP contribution in [0.4, 0.5) is 34.1 Å². The van der Waals surface area contributed by atoms with E-state index in [4.69, 9.17) is 0 Å². The quantitative estimate of drug-likeness (QED) is 0.121. The van der Waals surface area contributed by atoms with Gasteiger partial charge < -0.3 is 9.80 Å². The van der Waals surface area contributed by atoms with Crippen LogP contribution in [0.5, 0.6) is 0 Å². The van der Waals surface area contributed by atoms with Gasteiger partial charge in [0.15, 0.2) is 0 Å². The summed E-state index contributed by atoms with van der Waals surface area (Å²) in [6.07, 6.45) is 12.1. The van der Waals surface area contributed by atoms with Crippen molar-refractivity contribution >= 4 is 57.2 Å². The molecule has 0 atom stereocenters. The van der Waals surface area contributed by atoms with E-state index in [1.165, 1.54) is 145 Å². The maximum absolute atomic E-state index is 2.67. The van der Waals surface area contributed by atoms with E-state index in [1.54, 1.807) is 11.1 Å². The minimum absolute atomic E-state index is 0.0857. The fraction of sp³-hybridized carbons (Fsp3) is 0.156. The summed E-state index contributed by atoms with van der Waals surface area (Å²) < 4.78 is 0. The molecule has 0 saturated heterocycles. The molecule has 322 valence electrons. The summed E-state index contributed by atoms with van der Waals surface area (Å²) in [7, 11) is 0. The van der Waals surface area contributed by atoms with Gasteiger partial charge in [0.25, 0.3) is 6.71 Å². The van der Waals surface area contributed by atoms with Crippen molar-refractivity contribution < 1.29 is 0 Å². The van der Waals surface area contributed by atoms with Crippen molar-refractivity contribution in [2.24, 2.45) is 0 Å². The summed E-state index contributed by atoms with van der Waals surface area (Å²) >= 11 is 0. The first-order chi connectivity index (χ1) is 33.2. The molecular formula is C64H53BN2. The van der Waals surface area contributed by atoms with Crippen LogP contribution < -0.4 is 26.2 Å². The molecule has 2 nitrogen and oxygen atoms in total. The fourth-order valence-electron chi connectivity index (χ4n) is 12.0. The third-order valence-corrected chi connectivity index (χ3v) is 15.2. The predicted octanol–water partition coefficient (Wildman–Crippen LogP) is 15.0. The minimum atomic E-state index is 0.0857. The summed E-state index contributed by atoms with van der Waals surface area (Å²) in [5.41, 5.74) is 27.7. The number of nitrogens with zero attached hydrogens (tertiary/aromatic N) is 2. The van der Waals surface area contributed by atoms with Crippen LogP contribution in [0.1, 0.15) is 60.8 Å². The van der Waals surface area contributed by atoms with E-state index in [2.05, 4.69) is 210 Å². The van der Waals surface area contributed by atoms with Crippen LogP contribution >= 0.6 is 0 Å². The van der Waals surface area contributed by atoms with E-state index in [9.17, 15) is 0 Å². The molecule has 2 aliphatic carbocycles. The fourth-order valence-corrected chi connectivity index (χ4v) is 12.0. The summed E-state index contributed by atoms with van der Waals surface area (Å²) in [6.45, 7) is 0.0857. The Morgan fingerprint density at radius 3 is 0.940 bits per heavy atom. The normalized spacial score (nSPS) is 14.8. The molecule has 0 radical (unpaired) electrons. The minimum Gasteiger partial charge on any atom is -0.311 e. The highest BCUT2D eigenvalue weighted by Gasteiger charge is 2.44. The molecule has 3 heteroatoms. The van der Waals surface area contributed by atoms with Crippen LogP contribution in [0, 0.1) is 0 Å². The van der Waals surface area contributed by atoms with E-state index in [1.807, 2.05) is 0 Å². The lowest BCUT2D eigenvalue weighted by atomic mass is 9.33. The van der Waals surface area contributed by atoms with E-state index in [0.29, 0.717) is 0 Å². The first kappa shape index (κ1) is 40.0. The van der Waals surface area contributed by atoms with Gasteiger partial charge in [-0.2, -0.15) is 0 Å². The van der Waals surface area contributed by atoms with Crippen molar-refractivity contribution in [2.45, 2.75) is 64.2 Å². The molecule has 9 aromatic carbocycles. The maximum atomic E-state index is 2.67. The largest absolute Gasteiger partial charge is 0.311 e. The molecule has 0 bridgehead atoms. The van der Waals surface area contributed by atoms with Gasteiger partial charge in [0.05, 0.1) is 0 Å². The highest BCUT2D eigenvalue weighted by molar-refractivity contribution is 7.00. The lowest BCUT2D eigenvalue weighted by Crippen LogP contribution is -2.61. The van der Waals surface area contributed by atoms with E-state index in [0.717, 1.165) is 25.7 Å². The number of anilines is 6. The van der Waals surface area contributed by atoms with Crippen molar-refractivity contribution in [1.82, 2.24) is 0 Å². The lowest BCUT2D eigenvalue weighted by molar-refractivity contribution is 0.711. The third-order valence-electron chi connectivity index (χ3n) is 15.2. The van der Waals surface area contributed by atoms with Gasteiger partial charge in [-0.1, -0.05) is 152 Å². The average molecular weight is 861 g/mol. The molecule has 2 heterocycles. The molecule has 0 amide bonds. The second kappa shape index (κ2) is 16.8. The Hall–Kier alpha value is -7.36. The molecule has 67 heavy (non-hydrogen) atoms. The molecule has 0 unspecified atom stereocenters. The van der Waals surface area contributed by atoms with Gasteiger partial charge in [-0.3, -0.25) is 0 Å². The van der Waals surface area contributed by atoms with Gasteiger partial charge >= 0.3 is 0 Å². The summed E-state index contributed by atoms with van der Waals surface area (Å²) in [4.78, 5) is 5.30. The Morgan fingerprint density at radius 1 is 0.269 bits per heavy atom. The van der Waals surface area contributed by atoms with Crippen molar-refractivity contribution in [3.05, 3.63) is 222 Å². The molecular weight excluding hydrogens is 808 g/mol. The molecule has 0 spiro atoms. The standard InChI is InChI=1S/C64H53BN2/c1-7-20-44(21-8-1)52-34-53(45-22-9-2-10-23-45)37-56(36-52)66-60-32-19-33-61-64(60)65(58-40-48-28-15-5-17-30-50(48)42-62(58)66)59-41-49-29-16-6-18-31-51(49)43-63(59)67(61)57-38-54(46-24-11-3-12-25-46)35-55(39-57)47-26-13-4-14-27-47/h1-4,7-14,19-27,32-43H,5-6,15-18,28-31H2. The molecule has 0 N–H and O–H groups in total. The second-order valence-corrected chi connectivity index (χ2v) is 19.3. The van der Waals surface area contributed by atoms with Crippen LogP contribution in [0.15, 0.2) is 200 Å². The van der Waals surface area contributed by atoms with Crippen molar-refractivity contribution in [3.63, 3.8) is 0 Å².